The Morgan fingerprint density at radius 3 is 2.34 bits per heavy atom. The molecule has 0 bridgehead atoms. The first-order chi connectivity index (χ1) is 13.1. The van der Waals surface area contributed by atoms with E-state index in [0.29, 0.717) is 18.5 Å². The molecule has 1 rings (SSSR count). The zero-order valence-electron chi connectivity index (χ0n) is 19.5. The number of piperidine rings is 1. The highest BCUT2D eigenvalue weighted by atomic mass is 127. The second-order valence-electron chi connectivity index (χ2n) is 9.20. The minimum Gasteiger partial charge on any atom is -0.444 e. The lowest BCUT2D eigenvalue weighted by Gasteiger charge is -2.34. The SMILES string of the molecule is CCCC(CNC(=NC)NC1CCN(CC(C)C)CC1)NC(=O)OC(C)(C)C.I. The Balaban J connectivity index is 0.00000784. The zero-order valence-corrected chi connectivity index (χ0v) is 21.8. The van der Waals surface area contributed by atoms with Crippen LogP contribution in [-0.2, 0) is 4.74 Å². The molecule has 1 fully saturated rings. The van der Waals surface area contributed by atoms with Gasteiger partial charge in [0.05, 0.1) is 0 Å². The van der Waals surface area contributed by atoms with Crippen molar-refractivity contribution in [2.24, 2.45) is 10.9 Å². The summed E-state index contributed by atoms with van der Waals surface area (Å²) in [5, 5.41) is 9.87. The summed E-state index contributed by atoms with van der Waals surface area (Å²) in [5.41, 5.74) is -0.490. The van der Waals surface area contributed by atoms with Crippen molar-refractivity contribution in [1.29, 1.82) is 0 Å². The Hall–Kier alpha value is -0.770. The van der Waals surface area contributed by atoms with E-state index in [-0.39, 0.29) is 36.1 Å². The molecule has 29 heavy (non-hydrogen) atoms. The number of nitrogens with zero attached hydrogens (tertiary/aromatic N) is 2. The molecule has 0 saturated carbocycles. The molecule has 7 nitrogen and oxygen atoms in total. The van der Waals surface area contributed by atoms with Crippen molar-refractivity contribution in [3.05, 3.63) is 0 Å². The predicted octanol–water partition coefficient (Wildman–Crippen LogP) is 3.58. The van der Waals surface area contributed by atoms with Gasteiger partial charge in [-0.05, 0) is 46.0 Å². The van der Waals surface area contributed by atoms with Gasteiger partial charge in [0.25, 0.3) is 0 Å². The van der Waals surface area contributed by atoms with Crippen LogP contribution in [0.3, 0.4) is 0 Å². The van der Waals surface area contributed by atoms with Gasteiger partial charge in [-0.2, -0.15) is 0 Å². The molecule has 0 aromatic heterocycles. The van der Waals surface area contributed by atoms with E-state index in [2.05, 4.69) is 46.6 Å². The Labute approximate surface area is 195 Å². The van der Waals surface area contributed by atoms with Crippen molar-refractivity contribution in [2.75, 3.05) is 33.2 Å². The third kappa shape index (κ3) is 13.2. The number of likely N-dealkylation sites (tertiary alicyclic amines) is 1. The average Bonchev–Trinajstić information content (AvgIpc) is 2.58. The second-order valence-corrected chi connectivity index (χ2v) is 9.20. The molecular formula is C21H44IN5O2. The van der Waals surface area contributed by atoms with Crippen LogP contribution >= 0.6 is 24.0 Å². The second kappa shape index (κ2) is 14.3. The van der Waals surface area contributed by atoms with Gasteiger partial charge in [0, 0.05) is 45.3 Å². The van der Waals surface area contributed by atoms with Crippen LogP contribution in [0.4, 0.5) is 4.79 Å². The van der Waals surface area contributed by atoms with Gasteiger partial charge in [-0.25, -0.2) is 4.79 Å². The van der Waals surface area contributed by atoms with Gasteiger partial charge in [-0.1, -0.05) is 27.2 Å². The maximum absolute atomic E-state index is 12.1. The van der Waals surface area contributed by atoms with Crippen LogP contribution in [0.2, 0.25) is 0 Å². The van der Waals surface area contributed by atoms with Crippen LogP contribution in [0.5, 0.6) is 0 Å². The number of hydrogen-bond acceptors (Lipinski definition) is 4. The number of amides is 1. The van der Waals surface area contributed by atoms with Crippen molar-refractivity contribution in [3.8, 4) is 0 Å². The third-order valence-electron chi connectivity index (χ3n) is 4.65. The Bertz CT molecular complexity index is 486. The number of halogens is 1. The Morgan fingerprint density at radius 2 is 1.86 bits per heavy atom. The number of aliphatic imine (C=N–C) groups is 1. The van der Waals surface area contributed by atoms with E-state index in [1.165, 1.54) is 6.54 Å². The number of guanidine groups is 1. The maximum atomic E-state index is 12.1. The van der Waals surface area contributed by atoms with Crippen LogP contribution in [0.25, 0.3) is 0 Å². The molecular weight excluding hydrogens is 481 g/mol. The zero-order chi connectivity index (χ0) is 21.2. The number of hydrogen-bond donors (Lipinski definition) is 3. The number of nitrogens with one attached hydrogen (secondary N) is 3. The molecule has 1 atom stereocenters. The molecule has 1 unspecified atom stereocenters. The lowest BCUT2D eigenvalue weighted by molar-refractivity contribution is 0.0502. The molecule has 1 saturated heterocycles. The summed E-state index contributed by atoms with van der Waals surface area (Å²) in [5.74, 6) is 1.52. The molecule has 8 heteroatoms. The normalized spacial score (nSPS) is 17.4. The monoisotopic (exact) mass is 525 g/mol. The summed E-state index contributed by atoms with van der Waals surface area (Å²) in [4.78, 5) is 19.0. The maximum Gasteiger partial charge on any atom is 0.407 e. The van der Waals surface area contributed by atoms with E-state index < -0.39 is 5.60 Å². The van der Waals surface area contributed by atoms with E-state index in [9.17, 15) is 4.79 Å². The van der Waals surface area contributed by atoms with Gasteiger partial charge < -0.3 is 25.6 Å². The van der Waals surface area contributed by atoms with Crippen LogP contribution < -0.4 is 16.0 Å². The quantitative estimate of drug-likeness (QED) is 0.257. The minimum atomic E-state index is -0.490. The Kier molecular flexibility index (Phi) is 13.9. The van der Waals surface area contributed by atoms with Gasteiger partial charge in [0.2, 0.25) is 0 Å². The number of rotatable bonds is 8. The molecule has 0 aromatic rings. The summed E-state index contributed by atoms with van der Waals surface area (Å²) in [6.45, 7) is 16.3. The number of carbonyl (C=O) groups is 1. The molecule has 1 aliphatic heterocycles. The Morgan fingerprint density at radius 1 is 1.24 bits per heavy atom. The summed E-state index contributed by atoms with van der Waals surface area (Å²) >= 11 is 0. The van der Waals surface area contributed by atoms with E-state index in [0.717, 1.165) is 44.7 Å². The van der Waals surface area contributed by atoms with Gasteiger partial charge in [-0.15, -0.1) is 24.0 Å². The molecule has 1 aliphatic rings. The van der Waals surface area contributed by atoms with Gasteiger partial charge in [0.1, 0.15) is 5.60 Å². The molecule has 1 amide bonds. The van der Waals surface area contributed by atoms with Crippen LogP contribution in [0, 0.1) is 5.92 Å². The first-order valence-electron chi connectivity index (χ1n) is 10.8. The van der Waals surface area contributed by atoms with E-state index in [1.54, 1.807) is 7.05 Å². The van der Waals surface area contributed by atoms with E-state index in [1.807, 2.05) is 20.8 Å². The minimum absolute atomic E-state index is 0. The summed E-state index contributed by atoms with van der Waals surface area (Å²) < 4.78 is 5.38. The number of carbonyl (C=O) groups excluding carboxylic acids is 1. The number of alkyl carbamates (subject to hydrolysis) is 1. The van der Waals surface area contributed by atoms with Crippen LogP contribution in [-0.4, -0.2) is 67.9 Å². The number of ether oxygens (including phenoxy) is 1. The van der Waals surface area contributed by atoms with Crippen LogP contribution in [0.1, 0.15) is 67.2 Å². The lowest BCUT2D eigenvalue weighted by Crippen LogP contribution is -2.52. The van der Waals surface area contributed by atoms with Crippen LogP contribution in [0.15, 0.2) is 4.99 Å². The highest BCUT2D eigenvalue weighted by molar-refractivity contribution is 14.0. The van der Waals surface area contributed by atoms with Crippen molar-refractivity contribution < 1.29 is 9.53 Å². The highest BCUT2D eigenvalue weighted by Crippen LogP contribution is 2.12. The highest BCUT2D eigenvalue weighted by Gasteiger charge is 2.22. The molecule has 172 valence electrons. The van der Waals surface area contributed by atoms with Gasteiger partial charge in [-0.3, -0.25) is 4.99 Å². The van der Waals surface area contributed by atoms with Gasteiger partial charge >= 0.3 is 6.09 Å². The average molecular weight is 526 g/mol. The first-order valence-corrected chi connectivity index (χ1v) is 10.8. The predicted molar refractivity (Wildman–Crippen MR) is 132 cm³/mol. The molecule has 0 spiro atoms. The van der Waals surface area contributed by atoms with E-state index >= 15 is 0 Å². The lowest BCUT2D eigenvalue weighted by atomic mass is 10.0. The van der Waals surface area contributed by atoms with Crippen molar-refractivity contribution in [3.63, 3.8) is 0 Å². The molecule has 0 aliphatic carbocycles. The topological polar surface area (TPSA) is 78.0 Å². The van der Waals surface area contributed by atoms with Crippen molar-refractivity contribution in [2.45, 2.75) is 84.9 Å². The van der Waals surface area contributed by atoms with E-state index in [4.69, 9.17) is 4.74 Å². The summed E-state index contributed by atoms with van der Waals surface area (Å²) in [7, 11) is 1.79. The van der Waals surface area contributed by atoms with Crippen molar-refractivity contribution >= 4 is 36.0 Å². The molecule has 1 heterocycles. The first kappa shape index (κ1) is 28.2. The fraction of sp³-hybridized carbons (Fsp3) is 0.905. The molecule has 3 N–H and O–H groups in total. The fourth-order valence-electron chi connectivity index (χ4n) is 3.43. The smallest absolute Gasteiger partial charge is 0.407 e. The third-order valence-corrected chi connectivity index (χ3v) is 4.65. The standard InChI is InChI=1S/C21H43N5O2.HI/c1-8-9-18(25-20(27)28-21(4,5)6)14-23-19(22-7)24-17-10-12-26(13-11-17)15-16(2)3;/h16-18H,8-15H2,1-7H3,(H,25,27)(H2,22,23,24);1H. The van der Waals surface area contributed by atoms with Gasteiger partial charge in [0.15, 0.2) is 5.96 Å². The fourth-order valence-corrected chi connectivity index (χ4v) is 3.43. The summed E-state index contributed by atoms with van der Waals surface area (Å²) in [6, 6.07) is 0.448. The summed E-state index contributed by atoms with van der Waals surface area (Å²) in [6.07, 6.45) is 3.76. The largest absolute Gasteiger partial charge is 0.444 e. The molecule has 0 radical (unpaired) electrons. The molecule has 0 aromatic carbocycles. The van der Waals surface area contributed by atoms with Crippen molar-refractivity contribution in [1.82, 2.24) is 20.9 Å².